The molecule has 99 heavy (non-hydrogen) atoms. The quantitative estimate of drug-likeness (QED) is 0.0347. The van der Waals surface area contributed by atoms with Gasteiger partial charge in [-0.3, -0.25) is 19.0 Å². The Hall–Kier alpha value is -6.83. The molecule has 2 amide bonds. The Bertz CT molecular complexity index is 4570. The van der Waals surface area contributed by atoms with Gasteiger partial charge in [-0.15, -0.1) is 0 Å². The summed E-state index contributed by atoms with van der Waals surface area (Å²) >= 11 is 36.8. The lowest BCUT2D eigenvalue weighted by molar-refractivity contribution is -0.365. The number of benzene rings is 5. The van der Waals surface area contributed by atoms with Crippen LogP contribution in [0.5, 0.6) is 5.75 Å². The number of rotatable bonds is 11. The van der Waals surface area contributed by atoms with Crippen molar-refractivity contribution in [2.75, 3.05) is 32.1 Å². The van der Waals surface area contributed by atoms with Gasteiger partial charge in [0.2, 0.25) is 0 Å². The number of aromatic hydroxyl groups is 1. The lowest BCUT2D eigenvalue weighted by atomic mass is 9.79. The first-order valence-corrected chi connectivity index (χ1v) is 34.9. The number of nitrogens with zero attached hydrogens (tertiary/aromatic N) is 8. The molecule has 0 unspecified atom stereocenters. The summed E-state index contributed by atoms with van der Waals surface area (Å²) in [5.41, 5.74) is 27.2. The second-order valence-corrected chi connectivity index (χ2v) is 27.7. The molecule has 526 valence electrons. The molecule has 0 spiro atoms. The third kappa shape index (κ3) is 17.7. The molecular weight excluding hydrogens is 1510 g/mol. The van der Waals surface area contributed by atoms with Crippen molar-refractivity contribution in [1.29, 1.82) is 0 Å². The highest BCUT2D eigenvalue weighted by Gasteiger charge is 2.52. The van der Waals surface area contributed by atoms with Crippen LogP contribution in [0.1, 0.15) is 124 Å². The van der Waals surface area contributed by atoms with Crippen LogP contribution < -0.4 is 28.0 Å². The van der Waals surface area contributed by atoms with Crippen LogP contribution in [0.3, 0.4) is 0 Å². The van der Waals surface area contributed by atoms with Gasteiger partial charge < -0.3 is 68.8 Å². The predicted octanol–water partition coefficient (Wildman–Crippen LogP) is 15.7. The molecular formula is C67H74BBr2Cl5N12O12. The van der Waals surface area contributed by atoms with Crippen molar-refractivity contribution in [3.05, 3.63) is 141 Å². The van der Waals surface area contributed by atoms with Crippen molar-refractivity contribution < 1.29 is 55.9 Å². The topological polar surface area (TPSA) is 330 Å². The van der Waals surface area contributed by atoms with E-state index in [2.05, 4.69) is 67.3 Å². The fourth-order valence-electron chi connectivity index (χ4n) is 11.0. The minimum atomic E-state index is -0.849. The maximum atomic E-state index is 12.0. The van der Waals surface area contributed by atoms with Crippen LogP contribution in [-0.2, 0) is 49.6 Å². The van der Waals surface area contributed by atoms with E-state index >= 15 is 0 Å². The lowest BCUT2D eigenvalue weighted by Gasteiger charge is -2.32. The Kier molecular flexibility index (Phi) is 24.7. The van der Waals surface area contributed by atoms with Gasteiger partial charge in [0, 0.05) is 94.1 Å². The first-order valence-electron chi connectivity index (χ1n) is 31.4. The van der Waals surface area contributed by atoms with Gasteiger partial charge in [-0.1, -0.05) is 89.9 Å². The average molecular weight is 1590 g/mol. The lowest BCUT2D eigenvalue weighted by Crippen LogP contribution is -2.41. The predicted molar refractivity (Wildman–Crippen MR) is 391 cm³/mol. The molecule has 3 aliphatic rings. The SMILES string of the molecule is CCOC(C)(OCC)OCC.Cc1nc2cc(-c3nn4c(c3C(N)=O)CCCC4)cc(Cl)c2o1.Cc1nc2cc(-c3nn4c(c3C(N)=O)CNCC4)cc(Cl)c2o1.Cc1nc2cc(B3OC(C)(C)C(C)(C)O3)cc(Cl)c2o1.Cc1nc2cc(Br)cc(Cl)c2o1.Nc1cc(Br)cc(Cl)c1O. The normalized spacial score (nSPS) is 14.4. The van der Waals surface area contributed by atoms with Gasteiger partial charge in [-0.05, 0) is 134 Å². The van der Waals surface area contributed by atoms with Crippen molar-refractivity contribution >= 4 is 164 Å². The fraction of sp³-hybridized carbons (Fsp3) is 0.373. The van der Waals surface area contributed by atoms with E-state index in [0.717, 1.165) is 74.7 Å². The summed E-state index contributed by atoms with van der Waals surface area (Å²) in [4.78, 5) is 41.0. The van der Waals surface area contributed by atoms with Crippen LogP contribution in [0.25, 0.3) is 66.9 Å². The molecule has 0 bridgehead atoms. The summed E-state index contributed by atoms with van der Waals surface area (Å²) in [6, 6.07) is 17.7. The number of hydrogen-bond donors (Lipinski definition) is 5. The number of nitrogens with one attached hydrogen (secondary N) is 1. The van der Waals surface area contributed by atoms with Crippen molar-refractivity contribution in [2.24, 2.45) is 11.5 Å². The fourth-order valence-corrected chi connectivity index (χ4v) is 13.4. The number of nitrogens with two attached hydrogens (primary N) is 3. The molecule has 1 saturated heterocycles. The van der Waals surface area contributed by atoms with Gasteiger partial charge in [0.15, 0.2) is 51.6 Å². The second-order valence-electron chi connectivity index (χ2n) is 23.9. The van der Waals surface area contributed by atoms with Crippen molar-refractivity contribution in [1.82, 2.24) is 44.8 Å². The Morgan fingerprint density at radius 2 is 1.00 bits per heavy atom. The van der Waals surface area contributed by atoms with Crippen LogP contribution in [0.15, 0.2) is 87.3 Å². The van der Waals surface area contributed by atoms with Crippen LogP contribution in [0, 0.1) is 27.7 Å². The average Bonchev–Trinajstić information content (AvgIpc) is 1.64. The number of oxazole rings is 4. The van der Waals surface area contributed by atoms with E-state index in [1.54, 1.807) is 65.0 Å². The minimum absolute atomic E-state index is 0.0649. The van der Waals surface area contributed by atoms with Crippen LogP contribution in [-0.4, -0.2) is 107 Å². The van der Waals surface area contributed by atoms with E-state index in [4.69, 9.17) is 122 Å². The molecule has 0 aliphatic carbocycles. The smallest absolute Gasteiger partial charge is 0.494 e. The molecule has 32 heteroatoms. The Morgan fingerprint density at radius 3 is 1.45 bits per heavy atom. The summed E-state index contributed by atoms with van der Waals surface area (Å²) < 4.78 is 54.9. The number of aryl methyl sites for hydroxylation is 5. The van der Waals surface area contributed by atoms with E-state index in [0.29, 0.717) is 138 Å². The van der Waals surface area contributed by atoms with Crippen molar-refractivity contribution in [3.63, 3.8) is 0 Å². The number of amides is 2. The van der Waals surface area contributed by atoms with Gasteiger partial charge in [0.05, 0.1) is 71.1 Å². The number of carbonyl (C=O) groups excluding carboxylic acids is 2. The molecule has 5 aromatic carbocycles. The molecule has 14 rings (SSSR count). The number of fused-ring (bicyclic) bond motifs is 6. The summed E-state index contributed by atoms with van der Waals surface area (Å²) in [5, 5.41) is 23.7. The third-order valence-corrected chi connectivity index (χ3v) is 18.3. The highest BCUT2D eigenvalue weighted by molar-refractivity contribution is 9.10. The number of phenolic OH excluding ortho intramolecular Hbond substituents is 1. The zero-order chi connectivity index (χ0) is 72.2. The molecule has 11 aromatic rings. The van der Waals surface area contributed by atoms with E-state index in [-0.39, 0.29) is 27.7 Å². The Labute approximate surface area is 612 Å². The largest absolute Gasteiger partial charge is 0.504 e. The number of anilines is 1. The van der Waals surface area contributed by atoms with Gasteiger partial charge in [-0.25, -0.2) is 19.9 Å². The number of ether oxygens (including phenoxy) is 3. The maximum Gasteiger partial charge on any atom is 0.494 e. The van der Waals surface area contributed by atoms with Crippen molar-refractivity contribution in [3.8, 4) is 28.3 Å². The van der Waals surface area contributed by atoms with Gasteiger partial charge in [0.1, 0.15) is 33.5 Å². The van der Waals surface area contributed by atoms with Gasteiger partial charge in [0.25, 0.3) is 17.8 Å². The number of halogens is 7. The molecule has 0 saturated carbocycles. The van der Waals surface area contributed by atoms with Crippen LogP contribution >= 0.6 is 89.9 Å². The highest BCUT2D eigenvalue weighted by Crippen LogP contribution is 2.40. The van der Waals surface area contributed by atoms with E-state index in [1.165, 1.54) is 0 Å². The summed E-state index contributed by atoms with van der Waals surface area (Å²) in [6.45, 7) is 27.3. The number of hydrogen-bond acceptors (Lipinski definition) is 20. The summed E-state index contributed by atoms with van der Waals surface area (Å²) in [7, 11) is -0.445. The molecule has 0 radical (unpaired) electrons. The van der Waals surface area contributed by atoms with Gasteiger partial charge in [-0.2, -0.15) is 10.2 Å². The standard InChI is InChI=1S/C16H15ClN4O2.C15H14ClN5O2.C14H17BClNO3.C8H5BrClNO.C8H18O3.C6H5BrClNO/c1-8-19-11-7-9(6-10(17)15(11)23-8)14-13(16(18)22)12-4-2-3-5-21(12)20-14;1-7-19-10-5-8(4-9(16)14(10)23-7)13-12(15(17)22)11-6-18-2-3-21(11)20-13;1-8-17-11-7-9(6-10(16)12(11)18-8)15-19-13(2,3)14(4,5)20-15;1-4-11-7-3-5(9)2-6(10)8(7)12-4;1-5-9-8(4,10-6-2)11-7-3;7-3-1-4(8)6(10)5(9)2-3/h6-7H,2-5H2,1H3,(H2,18,22);4-5,18H,2-3,6H2,1H3,(H2,17,22);6-7H,1-5H3;2-3H,1H3;5-7H2,1-4H3;1-2,10H,9H2. The molecule has 6 aromatic heterocycles. The zero-order valence-corrected chi connectivity index (χ0v) is 63.3. The van der Waals surface area contributed by atoms with Crippen molar-refractivity contribution in [2.45, 2.75) is 139 Å². The molecule has 0 atom stereocenters. The number of nitrogen functional groups attached to an aromatic ring is 1. The summed E-state index contributed by atoms with van der Waals surface area (Å²) in [6.07, 6.45) is 2.90. The summed E-state index contributed by atoms with van der Waals surface area (Å²) in [5.74, 6) is 0.412. The Morgan fingerprint density at radius 1 is 0.596 bits per heavy atom. The number of primary amides is 2. The highest BCUT2D eigenvalue weighted by atomic mass is 79.9. The Balaban J connectivity index is 0.000000143. The number of aromatic nitrogens is 8. The first kappa shape index (κ1) is 76.4. The van der Waals surface area contributed by atoms with E-state index in [9.17, 15) is 9.59 Å². The van der Waals surface area contributed by atoms with Crippen LogP contribution in [0.2, 0.25) is 25.1 Å². The first-order chi connectivity index (χ1) is 46.7. The van der Waals surface area contributed by atoms with Gasteiger partial charge >= 0.3 is 7.12 Å². The number of carbonyl (C=O) groups is 2. The molecule has 1 fully saturated rings. The number of phenols is 1. The molecule has 24 nitrogen and oxygen atoms in total. The second kappa shape index (κ2) is 32.0. The molecule has 3 aliphatic heterocycles. The minimum Gasteiger partial charge on any atom is -0.504 e. The monoisotopic (exact) mass is 1580 g/mol. The zero-order valence-electron chi connectivity index (χ0n) is 56.3. The maximum absolute atomic E-state index is 12.0. The van der Waals surface area contributed by atoms with E-state index < -0.39 is 24.9 Å². The molecule has 8 N–H and O–H groups in total. The van der Waals surface area contributed by atoms with E-state index in [1.807, 2.05) is 88.2 Å². The third-order valence-electron chi connectivity index (χ3n) is 16.0. The molecule has 9 heterocycles. The van der Waals surface area contributed by atoms with Crippen LogP contribution in [0.4, 0.5) is 5.69 Å².